The van der Waals surface area contributed by atoms with Crippen LogP contribution >= 0.6 is 0 Å². The first-order valence-electron chi connectivity index (χ1n) is 11.5. The molecule has 9 heteroatoms. The highest BCUT2D eigenvalue weighted by molar-refractivity contribution is 5.85. The van der Waals surface area contributed by atoms with Crippen LogP contribution < -0.4 is 15.1 Å². The summed E-state index contributed by atoms with van der Waals surface area (Å²) in [6.45, 7) is 12.0. The van der Waals surface area contributed by atoms with Gasteiger partial charge in [-0.2, -0.15) is 0 Å². The minimum Gasteiger partial charge on any atom is -0.444 e. The highest BCUT2D eigenvalue weighted by Crippen LogP contribution is 2.32. The number of alkyl carbamates (subject to hydrolysis) is 1. The van der Waals surface area contributed by atoms with Gasteiger partial charge in [0.1, 0.15) is 23.1 Å². The standard InChI is InChI=1S/C25H31FN6O2/c1-16-20(26)7-6-18-14-19(17(2)29-24(33)34-25(3,4)5)23(30-22(16)18)32-12-10-31(11-13-32)21-15-27-8-9-28-21/h6-9,14-15,17H,10-13H2,1-5H3,(H,29,33)/t17-/m0/s1. The minimum absolute atomic E-state index is 0.286. The molecule has 3 aromatic rings. The predicted octanol–water partition coefficient (Wildman–Crippen LogP) is 4.38. The Labute approximate surface area is 199 Å². The van der Waals surface area contributed by atoms with E-state index in [0.29, 0.717) is 24.2 Å². The molecule has 2 aromatic heterocycles. The van der Waals surface area contributed by atoms with Crippen molar-refractivity contribution in [2.45, 2.75) is 46.3 Å². The fourth-order valence-corrected chi connectivity index (χ4v) is 4.10. The second kappa shape index (κ2) is 9.40. The van der Waals surface area contributed by atoms with E-state index in [2.05, 4.69) is 25.1 Å². The number of hydrogen-bond acceptors (Lipinski definition) is 7. The van der Waals surface area contributed by atoms with Crippen LogP contribution in [0.25, 0.3) is 10.9 Å². The molecule has 0 bridgehead atoms. The van der Waals surface area contributed by atoms with Gasteiger partial charge in [0, 0.05) is 55.1 Å². The Bertz CT molecular complexity index is 1170. The Kier molecular flexibility index (Phi) is 6.54. The Morgan fingerprint density at radius 2 is 1.85 bits per heavy atom. The van der Waals surface area contributed by atoms with Crippen LogP contribution in [0.2, 0.25) is 0 Å². The normalized spacial score (nSPS) is 15.4. The van der Waals surface area contributed by atoms with Crippen molar-refractivity contribution in [1.82, 2.24) is 20.3 Å². The molecule has 0 unspecified atom stereocenters. The molecule has 1 aromatic carbocycles. The van der Waals surface area contributed by atoms with Crippen LogP contribution in [0.15, 0.2) is 36.8 Å². The molecule has 1 saturated heterocycles. The first kappa shape index (κ1) is 23.7. The lowest BCUT2D eigenvalue weighted by atomic mass is 10.0. The number of aryl methyl sites for hydroxylation is 1. The van der Waals surface area contributed by atoms with Crippen LogP contribution in [-0.2, 0) is 4.74 Å². The van der Waals surface area contributed by atoms with Crippen LogP contribution in [0.4, 0.5) is 20.8 Å². The number of rotatable bonds is 4. The molecule has 180 valence electrons. The van der Waals surface area contributed by atoms with Gasteiger partial charge in [-0.05, 0) is 52.8 Å². The molecule has 1 aliphatic rings. The van der Waals surface area contributed by atoms with E-state index in [1.54, 1.807) is 31.6 Å². The molecule has 0 radical (unpaired) electrons. The van der Waals surface area contributed by atoms with E-state index in [1.165, 1.54) is 6.07 Å². The molecule has 3 heterocycles. The molecule has 1 aliphatic heterocycles. The smallest absolute Gasteiger partial charge is 0.408 e. The third-order valence-electron chi connectivity index (χ3n) is 5.84. The van der Waals surface area contributed by atoms with Gasteiger partial charge in [-0.3, -0.25) is 4.98 Å². The lowest BCUT2D eigenvalue weighted by molar-refractivity contribution is 0.0508. The summed E-state index contributed by atoms with van der Waals surface area (Å²) in [4.78, 5) is 30.3. The summed E-state index contributed by atoms with van der Waals surface area (Å²) in [5.41, 5.74) is 1.40. The average Bonchev–Trinajstić information content (AvgIpc) is 2.80. The van der Waals surface area contributed by atoms with Crippen molar-refractivity contribution >= 4 is 28.6 Å². The maximum absolute atomic E-state index is 14.3. The second-order valence-electron chi connectivity index (χ2n) is 9.55. The molecular formula is C25H31FN6O2. The summed E-state index contributed by atoms with van der Waals surface area (Å²) in [5, 5.41) is 3.75. The number of halogens is 1. The third kappa shape index (κ3) is 5.18. The Balaban J connectivity index is 1.65. The molecule has 1 amide bonds. The van der Waals surface area contributed by atoms with Gasteiger partial charge in [-0.1, -0.05) is 0 Å². The highest BCUT2D eigenvalue weighted by atomic mass is 19.1. The second-order valence-corrected chi connectivity index (χ2v) is 9.55. The molecule has 0 aliphatic carbocycles. The largest absolute Gasteiger partial charge is 0.444 e. The number of fused-ring (bicyclic) bond motifs is 1. The van der Waals surface area contributed by atoms with E-state index in [9.17, 15) is 9.18 Å². The summed E-state index contributed by atoms with van der Waals surface area (Å²) in [6.07, 6.45) is 4.61. The molecule has 1 atom stereocenters. The minimum atomic E-state index is -0.598. The molecular weight excluding hydrogens is 435 g/mol. The number of hydrogen-bond donors (Lipinski definition) is 1. The summed E-state index contributed by atoms with van der Waals surface area (Å²) in [6, 6.07) is 4.81. The molecule has 4 rings (SSSR count). The number of pyridine rings is 1. The van der Waals surface area contributed by atoms with E-state index < -0.39 is 11.7 Å². The van der Waals surface area contributed by atoms with Crippen LogP contribution in [-0.4, -0.2) is 52.8 Å². The first-order chi connectivity index (χ1) is 16.1. The van der Waals surface area contributed by atoms with Crippen molar-refractivity contribution in [3.05, 3.63) is 53.7 Å². The number of piperazine rings is 1. The third-order valence-corrected chi connectivity index (χ3v) is 5.84. The van der Waals surface area contributed by atoms with Crippen molar-refractivity contribution in [3.63, 3.8) is 0 Å². The van der Waals surface area contributed by atoms with Gasteiger partial charge in [0.15, 0.2) is 0 Å². The lowest BCUT2D eigenvalue weighted by Gasteiger charge is -2.37. The summed E-state index contributed by atoms with van der Waals surface area (Å²) >= 11 is 0. The number of anilines is 2. The Morgan fingerprint density at radius 3 is 2.50 bits per heavy atom. The number of nitrogens with zero attached hydrogens (tertiary/aromatic N) is 5. The van der Waals surface area contributed by atoms with Crippen LogP contribution in [0.5, 0.6) is 0 Å². The monoisotopic (exact) mass is 466 g/mol. The Morgan fingerprint density at radius 1 is 1.15 bits per heavy atom. The first-order valence-corrected chi connectivity index (χ1v) is 11.5. The highest BCUT2D eigenvalue weighted by Gasteiger charge is 2.26. The van der Waals surface area contributed by atoms with E-state index in [0.717, 1.165) is 35.7 Å². The SMILES string of the molecule is Cc1c(F)ccc2cc([C@H](C)NC(=O)OC(C)(C)C)c(N3CCN(c4cnccn4)CC3)nc12. The van der Waals surface area contributed by atoms with Crippen molar-refractivity contribution in [3.8, 4) is 0 Å². The van der Waals surface area contributed by atoms with Gasteiger partial charge in [0.25, 0.3) is 0 Å². The fourth-order valence-electron chi connectivity index (χ4n) is 4.10. The zero-order chi connectivity index (χ0) is 24.5. The van der Waals surface area contributed by atoms with Gasteiger partial charge in [-0.25, -0.2) is 19.2 Å². The van der Waals surface area contributed by atoms with E-state index in [4.69, 9.17) is 9.72 Å². The van der Waals surface area contributed by atoms with Gasteiger partial charge in [0.2, 0.25) is 0 Å². The van der Waals surface area contributed by atoms with Crippen LogP contribution in [0.1, 0.15) is 44.9 Å². The number of carbonyl (C=O) groups is 1. The number of carbonyl (C=O) groups excluding carboxylic acids is 1. The molecule has 0 saturated carbocycles. The average molecular weight is 467 g/mol. The van der Waals surface area contributed by atoms with Crippen molar-refractivity contribution in [2.24, 2.45) is 0 Å². The van der Waals surface area contributed by atoms with Crippen molar-refractivity contribution in [1.29, 1.82) is 0 Å². The molecule has 1 N–H and O–H groups in total. The fraction of sp³-hybridized carbons (Fsp3) is 0.440. The van der Waals surface area contributed by atoms with Crippen LogP contribution in [0.3, 0.4) is 0 Å². The number of aromatic nitrogens is 3. The zero-order valence-electron chi connectivity index (χ0n) is 20.3. The van der Waals surface area contributed by atoms with E-state index >= 15 is 0 Å². The molecule has 1 fully saturated rings. The Hall–Kier alpha value is -3.49. The van der Waals surface area contributed by atoms with Gasteiger partial charge >= 0.3 is 6.09 Å². The summed E-state index contributed by atoms with van der Waals surface area (Å²) in [5.74, 6) is 1.29. The number of amides is 1. The number of benzene rings is 1. The van der Waals surface area contributed by atoms with Gasteiger partial charge in [0.05, 0.1) is 17.8 Å². The quantitative estimate of drug-likeness (QED) is 0.611. The molecule has 8 nitrogen and oxygen atoms in total. The van der Waals surface area contributed by atoms with Crippen molar-refractivity contribution in [2.75, 3.05) is 36.0 Å². The van der Waals surface area contributed by atoms with Gasteiger partial charge < -0.3 is 19.9 Å². The topological polar surface area (TPSA) is 83.5 Å². The van der Waals surface area contributed by atoms with E-state index in [-0.39, 0.29) is 11.9 Å². The predicted molar refractivity (Wildman–Crippen MR) is 131 cm³/mol. The van der Waals surface area contributed by atoms with Crippen LogP contribution in [0, 0.1) is 12.7 Å². The zero-order valence-corrected chi connectivity index (χ0v) is 20.3. The summed E-state index contributed by atoms with van der Waals surface area (Å²) in [7, 11) is 0. The molecule has 0 spiro atoms. The van der Waals surface area contributed by atoms with E-state index in [1.807, 2.05) is 33.8 Å². The molecule has 34 heavy (non-hydrogen) atoms. The summed E-state index contributed by atoms with van der Waals surface area (Å²) < 4.78 is 19.8. The lowest BCUT2D eigenvalue weighted by Crippen LogP contribution is -2.47. The van der Waals surface area contributed by atoms with Gasteiger partial charge in [-0.15, -0.1) is 0 Å². The maximum Gasteiger partial charge on any atom is 0.408 e. The number of ether oxygens (including phenoxy) is 1. The maximum atomic E-state index is 14.3. The van der Waals surface area contributed by atoms with Crippen molar-refractivity contribution < 1.29 is 13.9 Å². The number of nitrogens with one attached hydrogen (secondary N) is 1.